The van der Waals surface area contributed by atoms with Gasteiger partial charge in [-0.15, -0.1) is 0 Å². The Morgan fingerprint density at radius 2 is 1.20 bits per heavy atom. The summed E-state index contributed by atoms with van der Waals surface area (Å²) < 4.78 is 13.5. The standard InChI is InChI=1S/C25H33IO4/c1-16-12-17(2)21(18(3)13-16)26(29-22(27)24-8-4-19(14-24)5-9-24)30-23(28)25-10-6-20(15-25)7-11-25/h12-13,19-20H,4-11,14-15H2,1-3H3. The summed E-state index contributed by atoms with van der Waals surface area (Å²) in [5.74, 6) is 1.18. The van der Waals surface area contributed by atoms with Crippen LogP contribution >= 0.6 is 20.6 Å². The number of hydrogen-bond acceptors (Lipinski definition) is 4. The molecule has 0 unspecified atom stereocenters. The molecule has 4 nitrogen and oxygen atoms in total. The molecule has 0 radical (unpaired) electrons. The van der Waals surface area contributed by atoms with Crippen LogP contribution < -0.4 is 0 Å². The van der Waals surface area contributed by atoms with E-state index in [1.807, 2.05) is 0 Å². The molecule has 0 saturated heterocycles. The van der Waals surface area contributed by atoms with Crippen molar-refractivity contribution in [3.63, 3.8) is 0 Å². The van der Waals surface area contributed by atoms with E-state index in [0.717, 1.165) is 78.9 Å². The quantitative estimate of drug-likeness (QED) is 0.421. The van der Waals surface area contributed by atoms with Gasteiger partial charge in [0.2, 0.25) is 0 Å². The van der Waals surface area contributed by atoms with Crippen molar-refractivity contribution in [2.24, 2.45) is 22.7 Å². The molecule has 30 heavy (non-hydrogen) atoms. The first kappa shape index (κ1) is 20.8. The molecule has 4 aliphatic carbocycles. The molecule has 0 heterocycles. The monoisotopic (exact) mass is 524 g/mol. The fraction of sp³-hybridized carbons (Fsp3) is 0.680. The van der Waals surface area contributed by atoms with Gasteiger partial charge in [0.15, 0.2) is 0 Å². The Kier molecular flexibility index (Phi) is 5.19. The topological polar surface area (TPSA) is 52.6 Å². The van der Waals surface area contributed by atoms with E-state index in [9.17, 15) is 9.59 Å². The number of hydrogen-bond donors (Lipinski definition) is 0. The molecule has 0 aliphatic heterocycles. The van der Waals surface area contributed by atoms with Crippen LogP contribution in [0.25, 0.3) is 0 Å². The van der Waals surface area contributed by atoms with Gasteiger partial charge in [-0.1, -0.05) is 0 Å². The van der Waals surface area contributed by atoms with E-state index in [-0.39, 0.29) is 22.8 Å². The van der Waals surface area contributed by atoms with Gasteiger partial charge in [0, 0.05) is 0 Å². The van der Waals surface area contributed by atoms with Crippen molar-refractivity contribution in [2.75, 3.05) is 0 Å². The first-order chi connectivity index (χ1) is 14.3. The maximum absolute atomic E-state index is 13.4. The molecular weight excluding hydrogens is 491 g/mol. The van der Waals surface area contributed by atoms with E-state index in [1.165, 1.54) is 5.56 Å². The molecule has 5 heteroatoms. The van der Waals surface area contributed by atoms with Gasteiger partial charge in [0.25, 0.3) is 0 Å². The first-order valence-corrected chi connectivity index (χ1v) is 14.4. The summed E-state index contributed by atoms with van der Waals surface area (Å²) in [6.07, 6.45) is 10.2. The molecule has 0 aromatic heterocycles. The van der Waals surface area contributed by atoms with Crippen LogP contribution in [0, 0.1) is 47.0 Å². The Labute approximate surface area is 188 Å². The van der Waals surface area contributed by atoms with Crippen molar-refractivity contribution in [2.45, 2.75) is 85.0 Å². The van der Waals surface area contributed by atoms with Crippen LogP contribution in [0.5, 0.6) is 0 Å². The SMILES string of the molecule is Cc1cc(C)c(I(OC(=O)C23CCC(CC2)C3)OC(=O)C23CCC(CC2)C3)c(C)c1. The molecule has 0 spiro atoms. The first-order valence-electron chi connectivity index (χ1n) is 11.5. The van der Waals surface area contributed by atoms with Crippen molar-refractivity contribution < 1.29 is 15.7 Å². The second-order valence-electron chi connectivity index (χ2n) is 10.5. The van der Waals surface area contributed by atoms with E-state index in [2.05, 4.69) is 32.9 Å². The third-order valence-corrected chi connectivity index (χ3v) is 12.5. The molecule has 164 valence electrons. The predicted octanol–water partition coefficient (Wildman–Crippen LogP) is 6.36. The summed E-state index contributed by atoms with van der Waals surface area (Å²) >= 11 is -2.92. The van der Waals surface area contributed by atoms with Gasteiger partial charge in [-0.05, 0) is 0 Å². The number of fused-ring (bicyclic) bond motifs is 4. The van der Waals surface area contributed by atoms with Crippen molar-refractivity contribution in [1.82, 2.24) is 0 Å². The van der Waals surface area contributed by atoms with Crippen LogP contribution in [0.2, 0.25) is 0 Å². The Bertz CT molecular complexity index is 808. The molecule has 0 atom stereocenters. The predicted molar refractivity (Wildman–Crippen MR) is 124 cm³/mol. The van der Waals surface area contributed by atoms with Gasteiger partial charge in [-0.3, -0.25) is 0 Å². The van der Waals surface area contributed by atoms with Gasteiger partial charge in [0.1, 0.15) is 0 Å². The molecule has 0 N–H and O–H groups in total. The molecular formula is C25H33IO4. The third kappa shape index (κ3) is 3.39. The minimum atomic E-state index is -2.92. The molecule has 0 amide bonds. The van der Waals surface area contributed by atoms with Gasteiger partial charge in [-0.2, -0.15) is 0 Å². The second-order valence-corrected chi connectivity index (χ2v) is 13.7. The molecule has 4 bridgehead atoms. The normalized spacial score (nSPS) is 34.3. The average Bonchev–Trinajstić information content (AvgIpc) is 3.48. The molecule has 5 rings (SSSR count). The van der Waals surface area contributed by atoms with Crippen molar-refractivity contribution in [3.8, 4) is 0 Å². The van der Waals surface area contributed by atoms with Gasteiger partial charge >= 0.3 is 188 Å². The van der Waals surface area contributed by atoms with Crippen molar-refractivity contribution in [3.05, 3.63) is 32.4 Å². The number of benzene rings is 1. The van der Waals surface area contributed by atoms with E-state index < -0.39 is 20.6 Å². The zero-order valence-electron chi connectivity index (χ0n) is 18.4. The summed E-state index contributed by atoms with van der Waals surface area (Å²) in [4.78, 5) is 26.8. The van der Waals surface area contributed by atoms with Crippen LogP contribution in [0.15, 0.2) is 12.1 Å². The van der Waals surface area contributed by atoms with E-state index in [0.29, 0.717) is 11.8 Å². The molecule has 1 aromatic carbocycles. The maximum atomic E-state index is 13.4. The summed E-state index contributed by atoms with van der Waals surface area (Å²) in [6.45, 7) is 6.19. The number of aryl methyl sites for hydroxylation is 3. The summed E-state index contributed by atoms with van der Waals surface area (Å²) in [6, 6.07) is 4.24. The third-order valence-electron chi connectivity index (χ3n) is 8.36. The van der Waals surface area contributed by atoms with Crippen molar-refractivity contribution in [1.29, 1.82) is 0 Å². The molecule has 1 aromatic rings. The zero-order chi connectivity index (χ0) is 21.1. The van der Waals surface area contributed by atoms with E-state index in [1.54, 1.807) is 0 Å². The van der Waals surface area contributed by atoms with Crippen LogP contribution in [0.3, 0.4) is 0 Å². The van der Waals surface area contributed by atoms with Gasteiger partial charge in [0.05, 0.1) is 0 Å². The molecule has 4 saturated carbocycles. The fourth-order valence-corrected chi connectivity index (χ4v) is 10.6. The van der Waals surface area contributed by atoms with Crippen LogP contribution in [-0.2, 0) is 15.7 Å². The Morgan fingerprint density at radius 3 is 1.53 bits per heavy atom. The van der Waals surface area contributed by atoms with Gasteiger partial charge < -0.3 is 0 Å². The number of carbonyl (C=O) groups is 2. The average molecular weight is 524 g/mol. The summed E-state index contributed by atoms with van der Waals surface area (Å²) in [5.41, 5.74) is 2.72. The summed E-state index contributed by atoms with van der Waals surface area (Å²) in [5, 5.41) is 0. The van der Waals surface area contributed by atoms with Crippen LogP contribution in [-0.4, -0.2) is 11.9 Å². The zero-order valence-corrected chi connectivity index (χ0v) is 20.5. The molecule has 4 fully saturated rings. The number of halogens is 1. The van der Waals surface area contributed by atoms with E-state index >= 15 is 0 Å². The van der Waals surface area contributed by atoms with Gasteiger partial charge in [-0.25, -0.2) is 0 Å². The summed E-state index contributed by atoms with van der Waals surface area (Å²) in [7, 11) is 0. The Balaban J connectivity index is 1.43. The number of carbonyl (C=O) groups excluding carboxylic acids is 2. The number of rotatable bonds is 5. The Hall–Kier alpha value is -1.11. The van der Waals surface area contributed by atoms with Crippen LogP contribution in [0.1, 0.15) is 80.9 Å². The Morgan fingerprint density at radius 1 is 0.800 bits per heavy atom. The second kappa shape index (κ2) is 7.49. The minimum absolute atomic E-state index is 0.0897. The van der Waals surface area contributed by atoms with Crippen LogP contribution in [0.4, 0.5) is 0 Å². The molecule has 4 aliphatic rings. The van der Waals surface area contributed by atoms with E-state index in [4.69, 9.17) is 6.13 Å². The fourth-order valence-electron chi connectivity index (χ4n) is 6.75. The van der Waals surface area contributed by atoms with Crippen molar-refractivity contribution >= 4 is 32.6 Å².